The van der Waals surface area contributed by atoms with Crippen LogP contribution >= 0.6 is 0 Å². The van der Waals surface area contributed by atoms with E-state index in [4.69, 9.17) is 0 Å². The average molecular weight is 326 g/mol. The number of sulfonamides is 1. The van der Waals surface area contributed by atoms with Gasteiger partial charge in [-0.05, 0) is 63.8 Å². The first-order valence-electron chi connectivity index (χ1n) is 7.31. The van der Waals surface area contributed by atoms with E-state index in [1.54, 1.807) is 13.8 Å². The Morgan fingerprint density at radius 1 is 1.14 bits per heavy atom. The molecular weight excluding hydrogens is 300 g/mol. The molecule has 0 atom stereocenters. The second-order valence-corrected chi connectivity index (χ2v) is 8.05. The lowest BCUT2D eigenvalue weighted by Crippen LogP contribution is -2.41. The molecule has 0 aliphatic rings. The van der Waals surface area contributed by atoms with Crippen molar-refractivity contribution in [3.05, 3.63) is 28.3 Å². The predicted octanol–water partition coefficient (Wildman–Crippen LogP) is 2.07. The summed E-state index contributed by atoms with van der Waals surface area (Å²) in [5.41, 5.74) is 3.34. The van der Waals surface area contributed by atoms with Crippen molar-refractivity contribution in [1.82, 2.24) is 9.62 Å². The SMILES string of the molecule is Cc1cc(C)c(C)c(S(=O)(=O)N(C)CC(=O)NC(C)C)c1C. The molecular formula is C16H26N2O3S. The zero-order valence-electron chi connectivity index (χ0n) is 14.4. The van der Waals surface area contributed by atoms with Crippen molar-refractivity contribution in [2.24, 2.45) is 0 Å². The maximum Gasteiger partial charge on any atom is 0.243 e. The van der Waals surface area contributed by atoms with Gasteiger partial charge in [0.25, 0.3) is 0 Å². The van der Waals surface area contributed by atoms with Crippen LogP contribution in [-0.2, 0) is 14.8 Å². The summed E-state index contributed by atoms with van der Waals surface area (Å²) in [5, 5.41) is 2.70. The van der Waals surface area contributed by atoms with E-state index in [9.17, 15) is 13.2 Å². The Kier molecular flexibility index (Phi) is 5.76. The normalized spacial score (nSPS) is 12.0. The Morgan fingerprint density at radius 3 is 2.00 bits per heavy atom. The molecule has 1 aromatic carbocycles. The summed E-state index contributed by atoms with van der Waals surface area (Å²) in [6, 6.07) is 1.96. The standard InChI is InChI=1S/C16H26N2O3S/c1-10(2)17-15(19)9-18(7)22(20,21)16-13(5)11(3)8-12(4)14(16)6/h8,10H,9H2,1-7H3,(H,17,19). The average Bonchev–Trinajstić information content (AvgIpc) is 2.35. The number of hydrogen-bond donors (Lipinski definition) is 1. The van der Waals surface area contributed by atoms with Crippen LogP contribution in [0.4, 0.5) is 0 Å². The maximum absolute atomic E-state index is 12.8. The first kappa shape index (κ1) is 18.6. The minimum Gasteiger partial charge on any atom is -0.353 e. The number of likely N-dealkylation sites (N-methyl/N-ethyl adjacent to an activating group) is 1. The Bertz CT molecular complexity index is 653. The van der Waals surface area contributed by atoms with Gasteiger partial charge in [0, 0.05) is 13.1 Å². The summed E-state index contributed by atoms with van der Waals surface area (Å²) in [4.78, 5) is 12.1. The van der Waals surface area contributed by atoms with Gasteiger partial charge in [-0.3, -0.25) is 4.79 Å². The first-order chi connectivity index (χ1) is 9.98. The second kappa shape index (κ2) is 6.79. The number of nitrogens with zero attached hydrogens (tertiary/aromatic N) is 1. The van der Waals surface area contributed by atoms with Gasteiger partial charge < -0.3 is 5.32 Å². The van der Waals surface area contributed by atoms with Gasteiger partial charge in [-0.1, -0.05) is 6.07 Å². The van der Waals surface area contributed by atoms with Crippen LogP contribution in [0.15, 0.2) is 11.0 Å². The van der Waals surface area contributed by atoms with Crippen molar-refractivity contribution < 1.29 is 13.2 Å². The number of carbonyl (C=O) groups is 1. The Morgan fingerprint density at radius 2 is 1.59 bits per heavy atom. The number of nitrogens with one attached hydrogen (secondary N) is 1. The lowest BCUT2D eigenvalue weighted by Gasteiger charge is -2.22. The van der Waals surface area contributed by atoms with Crippen molar-refractivity contribution in [3.63, 3.8) is 0 Å². The van der Waals surface area contributed by atoms with Crippen LogP contribution in [-0.4, -0.2) is 38.3 Å². The fourth-order valence-corrected chi connectivity index (χ4v) is 4.07. The largest absolute Gasteiger partial charge is 0.353 e. The summed E-state index contributed by atoms with van der Waals surface area (Å²) >= 11 is 0. The number of carbonyl (C=O) groups excluding carboxylic acids is 1. The molecule has 0 fully saturated rings. The number of rotatable bonds is 5. The highest BCUT2D eigenvalue weighted by Crippen LogP contribution is 2.28. The molecule has 1 rings (SSSR count). The third-order valence-electron chi connectivity index (χ3n) is 3.78. The highest BCUT2D eigenvalue weighted by atomic mass is 32.2. The monoisotopic (exact) mass is 326 g/mol. The molecule has 1 amide bonds. The molecule has 0 aliphatic heterocycles. The molecule has 5 nitrogen and oxygen atoms in total. The summed E-state index contributed by atoms with van der Waals surface area (Å²) < 4.78 is 26.8. The lowest BCUT2D eigenvalue weighted by atomic mass is 10.0. The fourth-order valence-electron chi connectivity index (χ4n) is 2.38. The molecule has 0 aliphatic carbocycles. The highest BCUT2D eigenvalue weighted by Gasteiger charge is 2.27. The van der Waals surface area contributed by atoms with Gasteiger partial charge in [-0.25, -0.2) is 8.42 Å². The minimum absolute atomic E-state index is 0.0201. The van der Waals surface area contributed by atoms with Crippen LogP contribution in [0.25, 0.3) is 0 Å². The minimum atomic E-state index is -3.70. The van der Waals surface area contributed by atoms with E-state index in [0.717, 1.165) is 26.6 Å². The first-order valence-corrected chi connectivity index (χ1v) is 8.75. The van der Waals surface area contributed by atoms with Crippen molar-refractivity contribution >= 4 is 15.9 Å². The van der Waals surface area contributed by atoms with Crippen molar-refractivity contribution in [1.29, 1.82) is 0 Å². The third kappa shape index (κ3) is 3.87. The molecule has 124 valence electrons. The van der Waals surface area contributed by atoms with Crippen molar-refractivity contribution in [3.8, 4) is 0 Å². The molecule has 0 radical (unpaired) electrons. The molecule has 0 heterocycles. The van der Waals surface area contributed by atoms with Crippen LogP contribution < -0.4 is 5.32 Å². The van der Waals surface area contributed by atoms with E-state index < -0.39 is 10.0 Å². The van der Waals surface area contributed by atoms with Crippen molar-refractivity contribution in [2.75, 3.05) is 13.6 Å². The van der Waals surface area contributed by atoms with E-state index in [0.29, 0.717) is 4.90 Å². The van der Waals surface area contributed by atoms with Gasteiger partial charge in [0.05, 0.1) is 11.4 Å². The van der Waals surface area contributed by atoms with Gasteiger partial charge in [0.15, 0.2) is 0 Å². The zero-order valence-corrected chi connectivity index (χ0v) is 15.3. The van der Waals surface area contributed by atoms with E-state index in [2.05, 4.69) is 5.32 Å². The van der Waals surface area contributed by atoms with Gasteiger partial charge in [0.1, 0.15) is 0 Å². The third-order valence-corrected chi connectivity index (χ3v) is 5.86. The van der Waals surface area contributed by atoms with Crippen LogP contribution in [0, 0.1) is 27.7 Å². The molecule has 0 unspecified atom stereocenters. The van der Waals surface area contributed by atoms with E-state index in [1.807, 2.05) is 33.8 Å². The Labute approximate surface area is 133 Å². The summed E-state index contributed by atoms with van der Waals surface area (Å²) in [6.07, 6.45) is 0. The molecule has 0 spiro atoms. The molecule has 6 heteroatoms. The van der Waals surface area contributed by atoms with Crippen LogP contribution in [0.3, 0.4) is 0 Å². The zero-order chi connectivity index (χ0) is 17.2. The summed E-state index contributed by atoms with van der Waals surface area (Å²) in [5.74, 6) is -0.305. The molecule has 0 bridgehead atoms. The molecule has 1 aromatic rings. The fraction of sp³-hybridized carbons (Fsp3) is 0.562. The van der Waals surface area contributed by atoms with Crippen LogP contribution in [0.2, 0.25) is 0 Å². The number of amides is 1. The predicted molar refractivity (Wildman–Crippen MR) is 88.5 cm³/mol. The molecule has 0 saturated carbocycles. The van der Waals surface area contributed by atoms with Gasteiger partial charge in [0.2, 0.25) is 15.9 Å². The lowest BCUT2D eigenvalue weighted by molar-refractivity contribution is -0.121. The Hall–Kier alpha value is -1.40. The number of aryl methyl sites for hydroxylation is 2. The second-order valence-electron chi connectivity index (χ2n) is 6.07. The smallest absolute Gasteiger partial charge is 0.243 e. The quantitative estimate of drug-likeness (QED) is 0.901. The summed E-state index contributed by atoms with van der Waals surface area (Å²) in [7, 11) is -2.27. The van der Waals surface area contributed by atoms with Crippen LogP contribution in [0.5, 0.6) is 0 Å². The van der Waals surface area contributed by atoms with E-state index >= 15 is 0 Å². The molecule has 22 heavy (non-hydrogen) atoms. The Balaban J connectivity index is 3.23. The van der Waals surface area contributed by atoms with Crippen molar-refractivity contribution in [2.45, 2.75) is 52.5 Å². The van der Waals surface area contributed by atoms with E-state index in [-0.39, 0.29) is 18.5 Å². The maximum atomic E-state index is 12.8. The molecule has 1 N–H and O–H groups in total. The van der Waals surface area contributed by atoms with Gasteiger partial charge >= 0.3 is 0 Å². The molecule has 0 aromatic heterocycles. The number of hydrogen-bond acceptors (Lipinski definition) is 3. The van der Waals surface area contributed by atoms with Gasteiger partial charge in [-0.2, -0.15) is 4.31 Å². The topological polar surface area (TPSA) is 66.5 Å². The number of benzene rings is 1. The van der Waals surface area contributed by atoms with Crippen LogP contribution in [0.1, 0.15) is 36.1 Å². The highest BCUT2D eigenvalue weighted by molar-refractivity contribution is 7.89. The molecule has 0 saturated heterocycles. The summed E-state index contributed by atoms with van der Waals surface area (Å²) in [6.45, 7) is 10.9. The van der Waals surface area contributed by atoms with Gasteiger partial charge in [-0.15, -0.1) is 0 Å². The van der Waals surface area contributed by atoms with E-state index in [1.165, 1.54) is 7.05 Å².